The molecule has 1 saturated heterocycles. The monoisotopic (exact) mass is 468 g/mol. The van der Waals surface area contributed by atoms with Gasteiger partial charge in [-0.2, -0.15) is 0 Å². The Morgan fingerprint density at radius 1 is 0.970 bits per heavy atom. The highest BCUT2D eigenvalue weighted by molar-refractivity contribution is 6.30. The first-order valence-electron chi connectivity index (χ1n) is 10.9. The molecule has 0 radical (unpaired) electrons. The van der Waals surface area contributed by atoms with Crippen LogP contribution in [0.15, 0.2) is 53.3 Å². The topological polar surface area (TPSA) is 95.6 Å². The minimum atomic E-state index is -0.164. The fourth-order valence-electron chi connectivity index (χ4n) is 3.79. The van der Waals surface area contributed by atoms with Crippen molar-refractivity contribution in [2.24, 2.45) is 0 Å². The largest absolute Gasteiger partial charge is 0.484 e. The molecule has 2 aromatic carbocycles. The number of fused-ring (bicyclic) bond motifs is 1. The molecule has 1 fully saturated rings. The highest BCUT2D eigenvalue weighted by Crippen LogP contribution is 2.16. The van der Waals surface area contributed by atoms with E-state index in [4.69, 9.17) is 16.3 Å². The molecule has 172 valence electrons. The van der Waals surface area contributed by atoms with Crippen LogP contribution in [0, 0.1) is 0 Å². The number of piperazine rings is 1. The predicted molar refractivity (Wildman–Crippen MR) is 125 cm³/mol. The number of hydrogen-bond donors (Lipinski definition) is 1. The summed E-state index contributed by atoms with van der Waals surface area (Å²) >= 11 is 5.85. The van der Waals surface area contributed by atoms with E-state index in [1.807, 2.05) is 6.07 Å². The van der Waals surface area contributed by atoms with Crippen molar-refractivity contribution in [3.63, 3.8) is 0 Å². The van der Waals surface area contributed by atoms with Gasteiger partial charge >= 0.3 is 0 Å². The van der Waals surface area contributed by atoms with Crippen molar-refractivity contribution in [3.05, 3.63) is 69.7 Å². The summed E-state index contributed by atoms with van der Waals surface area (Å²) in [5, 5.41) is 1.17. The number of amides is 2. The fraction of sp³-hybridized carbons (Fsp3) is 0.333. The quantitative estimate of drug-likeness (QED) is 0.575. The number of aryl methyl sites for hydroxylation is 1. The Labute approximate surface area is 196 Å². The van der Waals surface area contributed by atoms with Crippen LogP contribution in [-0.2, 0) is 16.0 Å². The number of carbonyl (C=O) groups excluding carboxylic acids is 2. The highest BCUT2D eigenvalue weighted by Gasteiger charge is 2.24. The first-order valence-corrected chi connectivity index (χ1v) is 11.3. The molecule has 1 N–H and O–H groups in total. The van der Waals surface area contributed by atoms with Crippen molar-refractivity contribution in [2.75, 3.05) is 32.8 Å². The van der Waals surface area contributed by atoms with Gasteiger partial charge in [-0.25, -0.2) is 4.98 Å². The average Bonchev–Trinajstić information content (AvgIpc) is 2.83. The van der Waals surface area contributed by atoms with E-state index < -0.39 is 0 Å². The normalized spacial score (nSPS) is 13.8. The number of hydrogen-bond acceptors (Lipinski definition) is 5. The van der Waals surface area contributed by atoms with Gasteiger partial charge in [0.25, 0.3) is 11.5 Å². The minimum Gasteiger partial charge on any atom is -0.484 e. The predicted octanol–water partition coefficient (Wildman–Crippen LogP) is 2.65. The van der Waals surface area contributed by atoms with Gasteiger partial charge in [-0.05, 0) is 42.8 Å². The van der Waals surface area contributed by atoms with Crippen molar-refractivity contribution in [3.8, 4) is 5.75 Å². The van der Waals surface area contributed by atoms with E-state index in [9.17, 15) is 14.4 Å². The van der Waals surface area contributed by atoms with Crippen LogP contribution in [0.5, 0.6) is 5.75 Å². The standard InChI is InChI=1S/C24H25ClN4O4/c25-17-8-10-18(11-9-17)33-16-23(31)29-14-12-28(13-15-29)22(30)7-3-6-21-26-20-5-2-1-4-19(20)24(32)27-21/h1-2,4-5,8-11H,3,6-7,12-16H2,(H,26,27,32). The summed E-state index contributed by atoms with van der Waals surface area (Å²) in [5.74, 6) is 1.11. The van der Waals surface area contributed by atoms with Gasteiger partial charge in [0.05, 0.1) is 10.9 Å². The molecular formula is C24H25ClN4O4. The van der Waals surface area contributed by atoms with Crippen LogP contribution in [0.25, 0.3) is 10.9 Å². The molecule has 1 aliphatic rings. The lowest BCUT2D eigenvalue weighted by molar-refractivity contribution is -0.140. The Kier molecular flexibility index (Phi) is 7.24. The van der Waals surface area contributed by atoms with Gasteiger partial charge in [0, 0.05) is 44.0 Å². The summed E-state index contributed by atoms with van der Waals surface area (Å²) in [4.78, 5) is 47.9. The fourth-order valence-corrected chi connectivity index (χ4v) is 3.92. The molecule has 9 heteroatoms. The molecule has 1 aliphatic heterocycles. The zero-order valence-electron chi connectivity index (χ0n) is 18.1. The molecule has 0 bridgehead atoms. The van der Waals surface area contributed by atoms with E-state index in [0.717, 1.165) is 0 Å². The van der Waals surface area contributed by atoms with E-state index in [0.29, 0.717) is 72.9 Å². The number of aromatic nitrogens is 2. The van der Waals surface area contributed by atoms with Gasteiger partial charge in [-0.15, -0.1) is 0 Å². The van der Waals surface area contributed by atoms with Crippen molar-refractivity contribution < 1.29 is 14.3 Å². The molecule has 0 spiro atoms. The maximum atomic E-state index is 12.6. The summed E-state index contributed by atoms with van der Waals surface area (Å²) in [6, 6.07) is 14.0. The maximum absolute atomic E-state index is 12.6. The van der Waals surface area contributed by atoms with Crippen LogP contribution in [0.1, 0.15) is 18.7 Å². The summed E-state index contributed by atoms with van der Waals surface area (Å²) in [7, 11) is 0. The van der Waals surface area contributed by atoms with Gasteiger partial charge in [0.1, 0.15) is 11.6 Å². The molecule has 4 rings (SSSR count). The molecule has 2 heterocycles. The Balaban J connectivity index is 1.19. The van der Waals surface area contributed by atoms with Gasteiger partial charge < -0.3 is 19.5 Å². The number of nitrogens with one attached hydrogen (secondary N) is 1. The third-order valence-electron chi connectivity index (χ3n) is 5.63. The van der Waals surface area contributed by atoms with Crippen molar-refractivity contribution >= 4 is 34.3 Å². The number of ether oxygens (including phenoxy) is 1. The number of H-pyrrole nitrogens is 1. The van der Waals surface area contributed by atoms with Crippen molar-refractivity contribution in [2.45, 2.75) is 19.3 Å². The minimum absolute atomic E-state index is 0.0441. The summed E-state index contributed by atoms with van der Waals surface area (Å²) in [5.41, 5.74) is 0.492. The zero-order valence-corrected chi connectivity index (χ0v) is 18.9. The molecule has 0 atom stereocenters. The van der Waals surface area contributed by atoms with E-state index >= 15 is 0 Å². The summed E-state index contributed by atoms with van der Waals surface area (Å²) in [6.45, 7) is 1.90. The SMILES string of the molecule is O=C(CCCc1nc2ccccc2c(=O)[nH]1)N1CCN(C(=O)COc2ccc(Cl)cc2)CC1. The molecule has 1 aromatic heterocycles. The van der Waals surface area contributed by atoms with E-state index in [1.165, 1.54) is 0 Å². The third kappa shape index (κ3) is 5.90. The number of nitrogens with zero attached hydrogens (tertiary/aromatic N) is 3. The van der Waals surface area contributed by atoms with Crippen LogP contribution in [-0.4, -0.2) is 64.4 Å². The number of carbonyl (C=O) groups is 2. The highest BCUT2D eigenvalue weighted by atomic mass is 35.5. The van der Waals surface area contributed by atoms with Gasteiger partial charge in [0.15, 0.2) is 6.61 Å². The second kappa shape index (κ2) is 10.5. The molecule has 0 unspecified atom stereocenters. The van der Waals surface area contributed by atoms with Crippen LogP contribution < -0.4 is 10.3 Å². The first-order chi connectivity index (χ1) is 16.0. The van der Waals surface area contributed by atoms with E-state index in [-0.39, 0.29) is 24.0 Å². The average molecular weight is 469 g/mol. The van der Waals surface area contributed by atoms with Gasteiger partial charge in [-0.1, -0.05) is 23.7 Å². The van der Waals surface area contributed by atoms with Crippen LogP contribution >= 0.6 is 11.6 Å². The van der Waals surface area contributed by atoms with E-state index in [1.54, 1.807) is 52.3 Å². The lowest BCUT2D eigenvalue weighted by Crippen LogP contribution is -2.51. The second-order valence-electron chi connectivity index (χ2n) is 7.89. The second-order valence-corrected chi connectivity index (χ2v) is 8.32. The Bertz CT molecular complexity index is 1190. The van der Waals surface area contributed by atoms with Crippen LogP contribution in [0.3, 0.4) is 0 Å². The first kappa shape index (κ1) is 22.8. The molecule has 33 heavy (non-hydrogen) atoms. The molecule has 2 amide bonds. The number of para-hydroxylation sites is 1. The molecule has 0 aliphatic carbocycles. The van der Waals surface area contributed by atoms with Crippen LogP contribution in [0.2, 0.25) is 5.02 Å². The number of benzene rings is 2. The Morgan fingerprint density at radius 3 is 2.36 bits per heavy atom. The van der Waals surface area contributed by atoms with Crippen molar-refractivity contribution in [1.29, 1.82) is 0 Å². The molecule has 0 saturated carbocycles. The number of halogens is 1. The summed E-state index contributed by atoms with van der Waals surface area (Å²) in [6.07, 6.45) is 1.48. The van der Waals surface area contributed by atoms with Crippen molar-refractivity contribution in [1.82, 2.24) is 19.8 Å². The van der Waals surface area contributed by atoms with Crippen LogP contribution in [0.4, 0.5) is 0 Å². The lowest BCUT2D eigenvalue weighted by Gasteiger charge is -2.34. The smallest absolute Gasteiger partial charge is 0.260 e. The van der Waals surface area contributed by atoms with E-state index in [2.05, 4.69) is 9.97 Å². The Hall–Kier alpha value is -3.39. The number of aromatic amines is 1. The summed E-state index contributed by atoms with van der Waals surface area (Å²) < 4.78 is 5.52. The van der Waals surface area contributed by atoms with Gasteiger partial charge in [0.2, 0.25) is 5.91 Å². The molecular weight excluding hydrogens is 444 g/mol. The lowest BCUT2D eigenvalue weighted by atomic mass is 10.2. The third-order valence-corrected chi connectivity index (χ3v) is 5.88. The molecule has 3 aromatic rings. The van der Waals surface area contributed by atoms with Gasteiger partial charge in [-0.3, -0.25) is 14.4 Å². The molecule has 8 nitrogen and oxygen atoms in total. The number of rotatable bonds is 7. The zero-order chi connectivity index (χ0) is 23.2. The maximum Gasteiger partial charge on any atom is 0.260 e. The Morgan fingerprint density at radius 2 is 1.64 bits per heavy atom.